The number of nitrogens with one attached hydrogen (secondary N) is 1. The second-order valence-corrected chi connectivity index (χ2v) is 9.16. The molecule has 1 N–H and O–H groups in total. The van der Waals surface area contributed by atoms with Crippen molar-refractivity contribution in [2.75, 3.05) is 40.0 Å². The fourth-order valence-corrected chi connectivity index (χ4v) is 4.95. The Kier molecular flexibility index (Phi) is 10.7. The van der Waals surface area contributed by atoms with Crippen LogP contribution in [0.1, 0.15) is 49.8 Å². The minimum Gasteiger partial charge on any atom is -0.354 e. The van der Waals surface area contributed by atoms with Crippen molar-refractivity contribution in [1.82, 2.24) is 30.1 Å². The van der Waals surface area contributed by atoms with Crippen molar-refractivity contribution in [3.05, 3.63) is 53.6 Å². The fraction of sp³-hybridized carbons (Fsp3) is 0.481. The van der Waals surface area contributed by atoms with Gasteiger partial charge in [-0.15, -0.1) is 0 Å². The zero-order chi connectivity index (χ0) is 29.4. The second kappa shape index (κ2) is 13.8. The zero-order valence-electron chi connectivity index (χ0n) is 23.3. The van der Waals surface area contributed by atoms with Gasteiger partial charge in [-0.1, -0.05) is 18.2 Å². The molecule has 3 amide bonds. The van der Waals surface area contributed by atoms with E-state index in [4.69, 9.17) is 25.8 Å². The molecule has 0 bridgehead atoms. The van der Waals surface area contributed by atoms with Gasteiger partial charge in [-0.25, -0.2) is 15.0 Å². The molecule has 2 atom stereocenters. The van der Waals surface area contributed by atoms with E-state index in [-0.39, 0.29) is 61.5 Å². The molecule has 0 aromatic carbocycles. The van der Waals surface area contributed by atoms with Crippen LogP contribution in [-0.4, -0.2) is 94.4 Å². The first kappa shape index (κ1) is 31.1. The van der Waals surface area contributed by atoms with E-state index in [9.17, 15) is 14.4 Å². The molecule has 1 aliphatic heterocycles. The molecular formula is C27H35ClN6O6. The van der Waals surface area contributed by atoms with Crippen LogP contribution in [-0.2, 0) is 23.8 Å². The van der Waals surface area contributed by atoms with Crippen molar-refractivity contribution in [3.8, 4) is 11.4 Å². The lowest BCUT2D eigenvalue weighted by Gasteiger charge is -2.51. The van der Waals surface area contributed by atoms with Crippen LogP contribution in [0.5, 0.6) is 0 Å². The number of rotatable bonds is 11. The summed E-state index contributed by atoms with van der Waals surface area (Å²) in [6.07, 6.45) is 2.46. The predicted octanol–water partition coefficient (Wildman–Crippen LogP) is 2.60. The van der Waals surface area contributed by atoms with E-state index in [0.717, 1.165) is 0 Å². The van der Waals surface area contributed by atoms with Crippen molar-refractivity contribution < 1.29 is 28.6 Å². The van der Waals surface area contributed by atoms with Gasteiger partial charge in [0.1, 0.15) is 23.2 Å². The molecule has 0 aliphatic carbocycles. The number of carbonyl (C=O) groups excluding carboxylic acids is 3. The summed E-state index contributed by atoms with van der Waals surface area (Å²) in [7, 11) is 1.50. The van der Waals surface area contributed by atoms with Gasteiger partial charge in [0.15, 0.2) is 0 Å². The van der Waals surface area contributed by atoms with E-state index >= 15 is 0 Å². The average molecular weight is 575 g/mol. The normalized spacial score (nSPS) is 17.4. The number of pyridine rings is 1. The molecule has 13 heteroatoms. The third-order valence-electron chi connectivity index (χ3n) is 6.39. The first-order valence-corrected chi connectivity index (χ1v) is 13.4. The van der Waals surface area contributed by atoms with Gasteiger partial charge in [-0.2, -0.15) is 0 Å². The summed E-state index contributed by atoms with van der Waals surface area (Å²) >= 11 is 6.43. The highest BCUT2D eigenvalue weighted by atomic mass is 35.5. The molecule has 0 radical (unpaired) electrons. The van der Waals surface area contributed by atoms with E-state index in [1.165, 1.54) is 32.4 Å². The molecule has 1 fully saturated rings. The van der Waals surface area contributed by atoms with Gasteiger partial charge < -0.3 is 29.3 Å². The van der Waals surface area contributed by atoms with E-state index in [1.807, 2.05) is 0 Å². The maximum Gasteiger partial charge on any atom is 0.306 e. The summed E-state index contributed by atoms with van der Waals surface area (Å²) in [5, 5.41) is 2.67. The Morgan fingerprint density at radius 3 is 2.25 bits per heavy atom. The Hall–Kier alpha value is -3.45. The Labute approximate surface area is 238 Å². The van der Waals surface area contributed by atoms with Gasteiger partial charge in [0.25, 0.3) is 5.91 Å². The maximum atomic E-state index is 13.2. The molecule has 40 heavy (non-hydrogen) atoms. The largest absolute Gasteiger partial charge is 0.354 e. The Morgan fingerprint density at radius 2 is 1.70 bits per heavy atom. The van der Waals surface area contributed by atoms with Gasteiger partial charge in [0.2, 0.25) is 11.8 Å². The van der Waals surface area contributed by atoms with E-state index in [1.54, 1.807) is 42.7 Å². The van der Waals surface area contributed by atoms with Gasteiger partial charge in [-0.05, 0) is 50.6 Å². The first-order valence-electron chi connectivity index (χ1n) is 13.0. The monoisotopic (exact) mass is 574 g/mol. The number of hydrogen-bond acceptors (Lipinski definition) is 9. The van der Waals surface area contributed by atoms with Crippen LogP contribution < -0.4 is 5.32 Å². The highest BCUT2D eigenvalue weighted by molar-refractivity contribution is 6.29. The van der Waals surface area contributed by atoms with Crippen molar-refractivity contribution in [2.24, 2.45) is 0 Å². The molecule has 0 spiro atoms. The number of amides is 3. The van der Waals surface area contributed by atoms with Crippen LogP contribution in [0.3, 0.4) is 0 Å². The SMILES string of the molecule is C=CC(=O)N1C[C@H](c2cc(Cl)nc(-c3cc(C(=O)NC)ncn3)c2)N(C(C)=O)C[C@H]1C(OCC)(OCC)OCC. The predicted molar refractivity (Wildman–Crippen MR) is 147 cm³/mol. The third-order valence-corrected chi connectivity index (χ3v) is 6.58. The second-order valence-electron chi connectivity index (χ2n) is 8.78. The lowest BCUT2D eigenvalue weighted by atomic mass is 9.97. The van der Waals surface area contributed by atoms with Gasteiger partial charge >= 0.3 is 5.97 Å². The Balaban J connectivity index is 2.12. The Morgan fingerprint density at radius 1 is 1.05 bits per heavy atom. The average Bonchev–Trinajstić information content (AvgIpc) is 2.95. The number of ether oxygens (including phenoxy) is 3. The van der Waals surface area contributed by atoms with Crippen LogP contribution >= 0.6 is 11.6 Å². The third kappa shape index (κ3) is 6.64. The minimum atomic E-state index is -1.60. The van der Waals surface area contributed by atoms with Gasteiger partial charge in [-0.3, -0.25) is 14.4 Å². The Bertz CT molecular complexity index is 1230. The van der Waals surface area contributed by atoms with Crippen LogP contribution in [0.15, 0.2) is 37.2 Å². The number of piperazine rings is 1. The number of carbonyl (C=O) groups is 3. The number of hydrogen-bond donors (Lipinski definition) is 1. The van der Waals surface area contributed by atoms with Crippen molar-refractivity contribution in [3.63, 3.8) is 0 Å². The van der Waals surface area contributed by atoms with Gasteiger partial charge in [0.05, 0.1) is 17.4 Å². The van der Waals surface area contributed by atoms with Crippen LogP contribution in [0.4, 0.5) is 0 Å². The smallest absolute Gasteiger partial charge is 0.306 e. The van der Waals surface area contributed by atoms with Crippen molar-refractivity contribution in [2.45, 2.75) is 45.8 Å². The summed E-state index contributed by atoms with van der Waals surface area (Å²) in [4.78, 5) is 54.1. The first-order chi connectivity index (χ1) is 19.1. The molecular weight excluding hydrogens is 540 g/mol. The highest BCUT2D eigenvalue weighted by Crippen LogP contribution is 2.36. The van der Waals surface area contributed by atoms with Crippen molar-refractivity contribution >= 4 is 29.3 Å². The number of halogens is 1. The molecule has 0 unspecified atom stereocenters. The van der Waals surface area contributed by atoms with Crippen LogP contribution in [0.2, 0.25) is 5.15 Å². The zero-order valence-corrected chi connectivity index (χ0v) is 24.1. The van der Waals surface area contributed by atoms with Crippen molar-refractivity contribution in [1.29, 1.82) is 0 Å². The lowest BCUT2D eigenvalue weighted by Crippen LogP contribution is -2.67. The quantitative estimate of drug-likeness (QED) is 0.244. The van der Waals surface area contributed by atoms with Crippen LogP contribution in [0, 0.1) is 0 Å². The summed E-state index contributed by atoms with van der Waals surface area (Å²) in [6, 6.07) is 3.44. The summed E-state index contributed by atoms with van der Waals surface area (Å²) in [5.74, 6) is -2.61. The maximum absolute atomic E-state index is 13.2. The molecule has 2 aromatic heterocycles. The summed E-state index contributed by atoms with van der Waals surface area (Å²) < 4.78 is 18.0. The topological polar surface area (TPSA) is 136 Å². The molecule has 2 aromatic rings. The molecule has 1 aliphatic rings. The molecule has 3 rings (SSSR count). The van der Waals surface area contributed by atoms with E-state index in [2.05, 4.69) is 26.8 Å². The molecule has 12 nitrogen and oxygen atoms in total. The molecule has 3 heterocycles. The number of nitrogens with zero attached hydrogens (tertiary/aromatic N) is 5. The van der Waals surface area contributed by atoms with Crippen LogP contribution in [0.25, 0.3) is 11.4 Å². The molecule has 0 saturated carbocycles. The molecule has 1 saturated heterocycles. The fourth-order valence-electron chi connectivity index (χ4n) is 4.73. The van der Waals surface area contributed by atoms with Gasteiger partial charge in [0, 0.05) is 46.9 Å². The summed E-state index contributed by atoms with van der Waals surface area (Å²) in [5.41, 5.74) is 1.50. The summed E-state index contributed by atoms with van der Waals surface area (Å²) in [6.45, 7) is 11.4. The molecule has 216 valence electrons. The highest BCUT2D eigenvalue weighted by Gasteiger charge is 2.52. The standard InChI is InChI=1S/C27H35ClN6O6/c1-7-25(36)34-14-22(33(17(5)35)15-23(34)27(38-8-2,39-9-3)40-10-4)18-11-20(32-24(28)12-18)19-13-21(26(37)29-6)31-16-30-19/h7,11-13,16,22-23H,1,8-10,14-15H2,2-6H3,(H,29,37)/t22-,23+/m1/s1. The van der Waals surface area contributed by atoms with E-state index in [0.29, 0.717) is 17.0 Å². The lowest BCUT2D eigenvalue weighted by molar-refractivity contribution is -0.401. The van der Waals surface area contributed by atoms with E-state index < -0.39 is 18.1 Å². The number of aromatic nitrogens is 3. The minimum absolute atomic E-state index is 0.0448.